The maximum atomic E-state index is 12.1. The van der Waals surface area contributed by atoms with Crippen molar-refractivity contribution in [2.45, 2.75) is 26.3 Å². The van der Waals surface area contributed by atoms with Crippen molar-refractivity contribution in [2.75, 3.05) is 13.7 Å². The van der Waals surface area contributed by atoms with Crippen molar-refractivity contribution in [1.29, 1.82) is 0 Å². The molecule has 0 saturated carbocycles. The van der Waals surface area contributed by atoms with Crippen LogP contribution in [0.3, 0.4) is 0 Å². The molecule has 0 heterocycles. The van der Waals surface area contributed by atoms with Gasteiger partial charge in [-0.05, 0) is 25.5 Å². The van der Waals surface area contributed by atoms with Gasteiger partial charge in [-0.2, -0.15) is 0 Å². The summed E-state index contributed by atoms with van der Waals surface area (Å²) in [6, 6.07) is 2.24. The molecule has 2 amide bonds. The molecular formula is C14H18Cl2N2O3. The number of methoxy groups -OCH3 is 1. The minimum absolute atomic E-state index is 0.234. The molecule has 1 aromatic carbocycles. The first-order chi connectivity index (χ1) is 9.90. The van der Waals surface area contributed by atoms with E-state index in [1.807, 2.05) is 6.92 Å². The highest BCUT2D eigenvalue weighted by molar-refractivity contribution is 6.37. The van der Waals surface area contributed by atoms with Crippen molar-refractivity contribution in [3.05, 3.63) is 27.7 Å². The summed E-state index contributed by atoms with van der Waals surface area (Å²) >= 11 is 12.0. The largest absolute Gasteiger partial charge is 0.494 e. The van der Waals surface area contributed by atoms with E-state index in [2.05, 4.69) is 10.6 Å². The third kappa shape index (κ3) is 4.79. The second-order valence-electron chi connectivity index (χ2n) is 4.46. The Morgan fingerprint density at radius 3 is 2.33 bits per heavy atom. The van der Waals surface area contributed by atoms with Crippen molar-refractivity contribution in [3.8, 4) is 5.75 Å². The molecule has 0 aromatic heterocycles. The second kappa shape index (κ2) is 8.10. The van der Waals surface area contributed by atoms with Gasteiger partial charge >= 0.3 is 0 Å². The molecule has 0 spiro atoms. The number of rotatable bonds is 6. The molecule has 0 bridgehead atoms. The summed E-state index contributed by atoms with van der Waals surface area (Å²) in [5, 5.41) is 5.76. The number of nitrogens with one attached hydrogen (secondary N) is 2. The standard InChI is InChI=1S/C14H18Cl2N2O3/c1-4-5-17-13(19)8(2)18-14(20)9-6-10(15)12(21-3)11(16)7-9/h6-8H,4-5H2,1-3H3,(H,17,19)(H,18,20). The molecule has 0 aliphatic carbocycles. The summed E-state index contributed by atoms with van der Waals surface area (Å²) < 4.78 is 5.01. The van der Waals surface area contributed by atoms with Gasteiger partial charge in [-0.1, -0.05) is 30.1 Å². The molecule has 1 rings (SSSR count). The highest BCUT2D eigenvalue weighted by Gasteiger charge is 2.18. The van der Waals surface area contributed by atoms with Crippen LogP contribution in [0.15, 0.2) is 12.1 Å². The number of hydrogen-bond donors (Lipinski definition) is 2. The van der Waals surface area contributed by atoms with Crippen molar-refractivity contribution in [3.63, 3.8) is 0 Å². The van der Waals surface area contributed by atoms with E-state index in [4.69, 9.17) is 27.9 Å². The fourth-order valence-electron chi connectivity index (χ4n) is 1.63. The predicted octanol–water partition coefficient (Wildman–Crippen LogP) is 2.65. The van der Waals surface area contributed by atoms with Crippen LogP contribution in [0.25, 0.3) is 0 Å². The fourth-order valence-corrected chi connectivity index (χ4v) is 2.27. The lowest BCUT2D eigenvalue weighted by atomic mass is 10.2. The van der Waals surface area contributed by atoms with Gasteiger partial charge < -0.3 is 15.4 Å². The molecule has 5 nitrogen and oxygen atoms in total. The van der Waals surface area contributed by atoms with Crippen LogP contribution in [0.4, 0.5) is 0 Å². The van der Waals surface area contributed by atoms with Crippen molar-refractivity contribution in [2.24, 2.45) is 0 Å². The van der Waals surface area contributed by atoms with E-state index >= 15 is 0 Å². The van der Waals surface area contributed by atoms with Crippen LogP contribution >= 0.6 is 23.2 Å². The van der Waals surface area contributed by atoms with E-state index in [0.717, 1.165) is 6.42 Å². The number of halogens is 2. The first-order valence-corrected chi connectivity index (χ1v) is 7.27. The van der Waals surface area contributed by atoms with Gasteiger partial charge in [-0.3, -0.25) is 9.59 Å². The van der Waals surface area contributed by atoms with E-state index in [-0.39, 0.29) is 21.5 Å². The lowest BCUT2D eigenvalue weighted by molar-refractivity contribution is -0.122. The molecular weight excluding hydrogens is 315 g/mol. The van der Waals surface area contributed by atoms with Crippen LogP contribution < -0.4 is 15.4 Å². The van der Waals surface area contributed by atoms with Crippen LogP contribution in [0.5, 0.6) is 5.75 Å². The van der Waals surface area contributed by atoms with Gasteiger partial charge in [-0.15, -0.1) is 0 Å². The van der Waals surface area contributed by atoms with E-state index < -0.39 is 11.9 Å². The quantitative estimate of drug-likeness (QED) is 0.841. The molecule has 116 valence electrons. The summed E-state index contributed by atoms with van der Waals surface area (Å²) in [5.74, 6) is -0.361. The summed E-state index contributed by atoms with van der Waals surface area (Å²) in [4.78, 5) is 23.8. The zero-order valence-electron chi connectivity index (χ0n) is 12.1. The van der Waals surface area contributed by atoms with Gasteiger partial charge in [0.25, 0.3) is 5.91 Å². The van der Waals surface area contributed by atoms with Crippen molar-refractivity contribution >= 4 is 35.0 Å². The lowest BCUT2D eigenvalue weighted by Crippen LogP contribution is -2.45. The van der Waals surface area contributed by atoms with Gasteiger partial charge in [-0.25, -0.2) is 0 Å². The summed E-state index contributed by atoms with van der Waals surface area (Å²) in [7, 11) is 1.44. The summed E-state index contributed by atoms with van der Waals surface area (Å²) in [5.41, 5.74) is 0.265. The van der Waals surface area contributed by atoms with E-state index in [1.165, 1.54) is 19.2 Å². The number of amides is 2. The Kier molecular flexibility index (Phi) is 6.78. The number of carbonyl (C=O) groups excluding carboxylic acids is 2. The Morgan fingerprint density at radius 2 is 1.86 bits per heavy atom. The molecule has 0 saturated heterocycles. The van der Waals surface area contributed by atoms with Crippen molar-refractivity contribution in [1.82, 2.24) is 10.6 Å². The minimum Gasteiger partial charge on any atom is -0.494 e. The maximum Gasteiger partial charge on any atom is 0.252 e. The first-order valence-electron chi connectivity index (χ1n) is 6.52. The Morgan fingerprint density at radius 1 is 1.29 bits per heavy atom. The predicted molar refractivity (Wildman–Crippen MR) is 83.2 cm³/mol. The van der Waals surface area contributed by atoms with Gasteiger partial charge in [0.05, 0.1) is 17.2 Å². The van der Waals surface area contributed by atoms with E-state index in [9.17, 15) is 9.59 Å². The highest BCUT2D eigenvalue weighted by Crippen LogP contribution is 2.33. The Labute approximate surface area is 133 Å². The average Bonchev–Trinajstić information content (AvgIpc) is 2.44. The minimum atomic E-state index is -0.649. The fraction of sp³-hybridized carbons (Fsp3) is 0.429. The summed E-state index contributed by atoms with van der Waals surface area (Å²) in [6.45, 7) is 4.12. The monoisotopic (exact) mass is 332 g/mol. The molecule has 0 fully saturated rings. The first kappa shape index (κ1) is 17.6. The highest BCUT2D eigenvalue weighted by atomic mass is 35.5. The second-order valence-corrected chi connectivity index (χ2v) is 5.27. The number of benzene rings is 1. The van der Waals surface area contributed by atoms with Crippen LogP contribution in [-0.2, 0) is 4.79 Å². The number of carbonyl (C=O) groups is 2. The van der Waals surface area contributed by atoms with E-state index in [0.29, 0.717) is 12.3 Å². The number of hydrogen-bond acceptors (Lipinski definition) is 3. The average molecular weight is 333 g/mol. The topological polar surface area (TPSA) is 67.4 Å². The zero-order chi connectivity index (χ0) is 16.0. The molecule has 1 atom stereocenters. The molecule has 1 unspecified atom stereocenters. The van der Waals surface area contributed by atoms with Crippen LogP contribution in [0, 0.1) is 0 Å². The maximum absolute atomic E-state index is 12.1. The molecule has 1 aromatic rings. The molecule has 2 N–H and O–H groups in total. The Bertz CT molecular complexity index is 512. The third-order valence-corrected chi connectivity index (χ3v) is 3.32. The normalized spacial score (nSPS) is 11.7. The molecule has 21 heavy (non-hydrogen) atoms. The van der Waals surface area contributed by atoms with Crippen LogP contribution in [0.2, 0.25) is 10.0 Å². The van der Waals surface area contributed by atoms with Gasteiger partial charge in [0.1, 0.15) is 6.04 Å². The van der Waals surface area contributed by atoms with E-state index in [1.54, 1.807) is 6.92 Å². The van der Waals surface area contributed by atoms with Crippen LogP contribution in [-0.4, -0.2) is 31.5 Å². The molecule has 0 aliphatic heterocycles. The van der Waals surface area contributed by atoms with Gasteiger partial charge in [0, 0.05) is 12.1 Å². The Hall–Kier alpha value is -1.46. The zero-order valence-corrected chi connectivity index (χ0v) is 13.6. The Balaban J connectivity index is 2.78. The van der Waals surface area contributed by atoms with Crippen LogP contribution in [0.1, 0.15) is 30.6 Å². The molecule has 7 heteroatoms. The third-order valence-electron chi connectivity index (χ3n) is 2.75. The number of ether oxygens (including phenoxy) is 1. The molecule has 0 aliphatic rings. The van der Waals surface area contributed by atoms with Gasteiger partial charge in [0.15, 0.2) is 5.75 Å². The van der Waals surface area contributed by atoms with Gasteiger partial charge in [0.2, 0.25) is 5.91 Å². The van der Waals surface area contributed by atoms with Crippen molar-refractivity contribution < 1.29 is 14.3 Å². The molecule has 0 radical (unpaired) electrons. The SMILES string of the molecule is CCCNC(=O)C(C)NC(=O)c1cc(Cl)c(OC)c(Cl)c1. The summed E-state index contributed by atoms with van der Waals surface area (Å²) in [6.07, 6.45) is 0.829. The lowest BCUT2D eigenvalue weighted by Gasteiger charge is -2.14. The smallest absolute Gasteiger partial charge is 0.252 e.